The lowest BCUT2D eigenvalue weighted by molar-refractivity contribution is -0.130. The third kappa shape index (κ3) is 7.78. The number of nitrogens with two attached hydrogens (primary N) is 1. The van der Waals surface area contributed by atoms with Crippen molar-refractivity contribution in [1.29, 1.82) is 0 Å². The summed E-state index contributed by atoms with van der Waals surface area (Å²) in [6.45, 7) is 2.32. The fraction of sp³-hybridized carbons (Fsp3) is 0.500. The lowest BCUT2D eigenvalue weighted by atomic mass is 10.1. The van der Waals surface area contributed by atoms with Gasteiger partial charge in [-0.05, 0) is 19.0 Å². The van der Waals surface area contributed by atoms with Crippen molar-refractivity contribution in [2.45, 2.75) is 19.3 Å². The summed E-state index contributed by atoms with van der Waals surface area (Å²) in [5.41, 5.74) is 6.77. The molecule has 116 valence electrons. The van der Waals surface area contributed by atoms with Crippen molar-refractivity contribution in [2.75, 3.05) is 33.7 Å². The van der Waals surface area contributed by atoms with E-state index < -0.39 is 0 Å². The second-order valence-corrected chi connectivity index (χ2v) is 5.84. The van der Waals surface area contributed by atoms with Crippen molar-refractivity contribution in [3.05, 3.63) is 35.9 Å². The number of hydrogen-bond acceptors (Lipinski definition) is 3. The van der Waals surface area contributed by atoms with Crippen LogP contribution >= 0.6 is 12.2 Å². The molecule has 21 heavy (non-hydrogen) atoms. The van der Waals surface area contributed by atoms with Gasteiger partial charge < -0.3 is 15.5 Å². The summed E-state index contributed by atoms with van der Waals surface area (Å²) < 4.78 is 0. The molecule has 0 atom stereocenters. The van der Waals surface area contributed by atoms with Crippen molar-refractivity contribution in [3.63, 3.8) is 0 Å². The molecule has 0 fully saturated rings. The highest BCUT2D eigenvalue weighted by Gasteiger charge is 2.10. The van der Waals surface area contributed by atoms with Gasteiger partial charge in [0.05, 0.1) is 4.99 Å². The number of nitrogens with zero attached hydrogens (tertiary/aromatic N) is 2. The average Bonchev–Trinajstić information content (AvgIpc) is 2.49. The quantitative estimate of drug-likeness (QED) is 0.705. The zero-order valence-corrected chi connectivity index (χ0v) is 13.7. The lowest BCUT2D eigenvalue weighted by Crippen LogP contribution is -2.33. The van der Waals surface area contributed by atoms with E-state index in [1.54, 1.807) is 11.9 Å². The van der Waals surface area contributed by atoms with E-state index in [9.17, 15) is 4.79 Å². The third-order valence-corrected chi connectivity index (χ3v) is 3.66. The third-order valence-electron chi connectivity index (χ3n) is 3.45. The summed E-state index contributed by atoms with van der Waals surface area (Å²) in [5, 5.41) is 0. The van der Waals surface area contributed by atoms with Crippen LogP contribution in [0.3, 0.4) is 0 Å². The van der Waals surface area contributed by atoms with Gasteiger partial charge >= 0.3 is 0 Å². The van der Waals surface area contributed by atoms with E-state index in [0.717, 1.165) is 19.5 Å². The van der Waals surface area contributed by atoms with Crippen LogP contribution in [0.4, 0.5) is 0 Å². The molecule has 1 amide bonds. The molecule has 0 unspecified atom stereocenters. The van der Waals surface area contributed by atoms with Crippen molar-refractivity contribution in [3.8, 4) is 0 Å². The van der Waals surface area contributed by atoms with Gasteiger partial charge in [0.2, 0.25) is 5.91 Å². The van der Waals surface area contributed by atoms with Gasteiger partial charge in [0.15, 0.2) is 0 Å². The summed E-state index contributed by atoms with van der Waals surface area (Å²) in [5.74, 6) is 0.137. The summed E-state index contributed by atoms with van der Waals surface area (Å²) in [4.78, 5) is 16.3. The van der Waals surface area contributed by atoms with Crippen molar-refractivity contribution >= 4 is 23.1 Å². The Labute approximate surface area is 132 Å². The Morgan fingerprint density at radius 3 is 2.38 bits per heavy atom. The molecule has 1 aromatic rings. The number of hydrogen-bond donors (Lipinski definition) is 1. The molecular formula is C16H25N3OS. The zero-order chi connectivity index (χ0) is 15.7. The predicted octanol–water partition coefficient (Wildman–Crippen LogP) is 1.69. The predicted molar refractivity (Wildman–Crippen MR) is 91.3 cm³/mol. The Morgan fingerprint density at radius 1 is 1.10 bits per heavy atom. The van der Waals surface area contributed by atoms with Crippen LogP contribution in [0.1, 0.15) is 18.4 Å². The van der Waals surface area contributed by atoms with Crippen molar-refractivity contribution in [1.82, 2.24) is 9.80 Å². The van der Waals surface area contributed by atoms with E-state index in [0.29, 0.717) is 24.4 Å². The summed E-state index contributed by atoms with van der Waals surface area (Å²) in [6.07, 6.45) is 2.11. The number of likely N-dealkylation sites (N-methyl/N-ethyl adjacent to an activating group) is 1. The van der Waals surface area contributed by atoms with Gasteiger partial charge in [-0.25, -0.2) is 0 Å². The molecule has 1 rings (SSSR count). The highest BCUT2D eigenvalue weighted by atomic mass is 32.1. The molecule has 0 aliphatic heterocycles. The fourth-order valence-electron chi connectivity index (χ4n) is 1.96. The van der Waals surface area contributed by atoms with E-state index in [-0.39, 0.29) is 5.91 Å². The van der Waals surface area contributed by atoms with E-state index in [1.165, 1.54) is 5.56 Å². The minimum atomic E-state index is 0.137. The first-order valence-corrected chi connectivity index (χ1v) is 7.64. The van der Waals surface area contributed by atoms with Gasteiger partial charge in [0.25, 0.3) is 0 Å². The molecule has 1 aromatic carbocycles. The standard InChI is InChI=1S/C16H25N3OS/c1-18(11-8-14-6-4-3-5-7-14)12-10-16(20)19(2)13-9-15(17)21/h3-7H,8-13H2,1-2H3,(H2,17,21). The van der Waals surface area contributed by atoms with Gasteiger partial charge in [-0.2, -0.15) is 0 Å². The zero-order valence-electron chi connectivity index (χ0n) is 12.9. The van der Waals surface area contributed by atoms with Gasteiger partial charge in [0.1, 0.15) is 0 Å². The number of thiocarbonyl (C=S) groups is 1. The molecule has 2 N–H and O–H groups in total. The molecule has 0 saturated heterocycles. The normalized spacial score (nSPS) is 10.6. The highest BCUT2D eigenvalue weighted by molar-refractivity contribution is 7.80. The maximum atomic E-state index is 11.9. The van der Waals surface area contributed by atoms with Crippen LogP contribution in [0.2, 0.25) is 0 Å². The first-order chi connectivity index (χ1) is 9.99. The van der Waals surface area contributed by atoms with Gasteiger partial charge in [-0.15, -0.1) is 0 Å². The molecule has 5 heteroatoms. The van der Waals surface area contributed by atoms with Gasteiger partial charge in [-0.3, -0.25) is 4.79 Å². The molecule has 0 spiro atoms. The molecule has 4 nitrogen and oxygen atoms in total. The van der Waals surface area contributed by atoms with Crippen LogP contribution in [-0.2, 0) is 11.2 Å². The molecule has 0 heterocycles. The SMILES string of the molecule is CN(CCC(=O)N(C)CCC(N)=S)CCc1ccccc1. The first-order valence-electron chi connectivity index (χ1n) is 7.23. The van der Waals surface area contributed by atoms with E-state index in [1.807, 2.05) is 13.1 Å². The van der Waals surface area contributed by atoms with E-state index >= 15 is 0 Å². The number of benzene rings is 1. The van der Waals surface area contributed by atoms with E-state index in [2.05, 4.69) is 29.2 Å². The smallest absolute Gasteiger partial charge is 0.223 e. The Hall–Kier alpha value is -1.46. The van der Waals surface area contributed by atoms with Crippen LogP contribution in [0.25, 0.3) is 0 Å². The van der Waals surface area contributed by atoms with Crippen LogP contribution in [0, 0.1) is 0 Å². The summed E-state index contributed by atoms with van der Waals surface area (Å²) in [6, 6.07) is 10.4. The van der Waals surface area contributed by atoms with E-state index in [4.69, 9.17) is 18.0 Å². The Bertz CT molecular complexity index is 450. The second kappa shape index (κ2) is 9.47. The minimum Gasteiger partial charge on any atom is -0.393 e. The topological polar surface area (TPSA) is 49.6 Å². The molecular weight excluding hydrogens is 282 g/mol. The average molecular weight is 307 g/mol. The fourth-order valence-corrected chi connectivity index (χ4v) is 2.05. The summed E-state index contributed by atoms with van der Waals surface area (Å²) in [7, 11) is 3.84. The largest absolute Gasteiger partial charge is 0.393 e. The Morgan fingerprint density at radius 2 is 1.76 bits per heavy atom. The highest BCUT2D eigenvalue weighted by Crippen LogP contribution is 2.01. The molecule has 0 saturated carbocycles. The molecule has 0 aliphatic carbocycles. The Balaban J connectivity index is 2.21. The Kier molecular flexibility index (Phi) is 7.93. The molecule has 0 aliphatic rings. The first kappa shape index (κ1) is 17.6. The van der Waals surface area contributed by atoms with Crippen molar-refractivity contribution in [2.24, 2.45) is 5.73 Å². The maximum absolute atomic E-state index is 11.9. The number of amides is 1. The van der Waals surface area contributed by atoms with Gasteiger partial charge in [-0.1, -0.05) is 42.5 Å². The van der Waals surface area contributed by atoms with Crippen LogP contribution < -0.4 is 5.73 Å². The summed E-state index contributed by atoms with van der Waals surface area (Å²) >= 11 is 4.82. The maximum Gasteiger partial charge on any atom is 0.223 e. The number of carbonyl (C=O) groups excluding carboxylic acids is 1. The van der Waals surface area contributed by atoms with Gasteiger partial charge in [0, 0.05) is 39.5 Å². The number of rotatable bonds is 9. The number of carbonyl (C=O) groups is 1. The minimum absolute atomic E-state index is 0.137. The van der Waals surface area contributed by atoms with Crippen molar-refractivity contribution < 1.29 is 4.79 Å². The molecule has 0 radical (unpaired) electrons. The molecule has 0 bridgehead atoms. The second-order valence-electron chi connectivity index (χ2n) is 5.32. The lowest BCUT2D eigenvalue weighted by Gasteiger charge is -2.20. The monoisotopic (exact) mass is 307 g/mol. The van der Waals surface area contributed by atoms with Crippen LogP contribution in [-0.4, -0.2) is 54.4 Å². The molecule has 0 aromatic heterocycles. The van der Waals surface area contributed by atoms with Crippen LogP contribution in [0.5, 0.6) is 0 Å². The van der Waals surface area contributed by atoms with Crippen LogP contribution in [0.15, 0.2) is 30.3 Å².